The number of sulfone groups is 1. The maximum Gasteiger partial charge on any atom is 0.469 e. The lowest BCUT2D eigenvalue weighted by atomic mass is 9.93. The number of amides is 3. The molecule has 0 saturated carbocycles. The number of esters is 1. The molecule has 0 fully saturated rings. The molecule has 20 nitrogen and oxygen atoms in total. The van der Waals surface area contributed by atoms with E-state index in [1.54, 1.807) is 0 Å². The van der Waals surface area contributed by atoms with Crippen LogP contribution in [0.4, 0.5) is 54.5 Å². The summed E-state index contributed by atoms with van der Waals surface area (Å²) >= 11 is 6.66. The number of phosphoric acid groups is 1. The molecule has 1 aliphatic carbocycles. The lowest BCUT2D eigenvalue weighted by Crippen LogP contribution is -2.53. The SMILES string of the molecule is C[C@@H]1c2c(C(F)(F)F)nn(CC(=O)N[C@@H](Cc3cc(F)cc(F)c3)c3nc(C#CC(C)(C)S(C)(=O)=O)ccc3-c3ccc(Cl)c4c(N(C(=O)N[C@@H](COP(=O)(O)O)C(=O)OC(C)(C)C)S(C)(=O)=O)nn(CC(F)(F)F)c34)c2C(F)(F)[C@@H]1C. The number of sulfonamides is 1. The van der Waals surface area contributed by atoms with Crippen molar-refractivity contribution in [3.05, 3.63) is 93.0 Å². The van der Waals surface area contributed by atoms with Crippen LogP contribution in [0.15, 0.2) is 42.5 Å². The number of hydrogen-bond acceptors (Lipinski definition) is 13. The molecular formula is C48H50ClF10N8O12PS2. The number of nitrogens with one attached hydrogen (secondary N) is 2. The average Bonchev–Trinajstić information content (AvgIpc) is 4.06. The lowest BCUT2D eigenvalue weighted by Gasteiger charge is -2.26. The van der Waals surface area contributed by atoms with Gasteiger partial charge in [-0.25, -0.2) is 44.8 Å². The van der Waals surface area contributed by atoms with Crippen molar-refractivity contribution in [3.8, 4) is 23.0 Å². The largest absolute Gasteiger partial charge is 0.469 e. The van der Waals surface area contributed by atoms with Crippen LogP contribution in [0.2, 0.25) is 5.02 Å². The van der Waals surface area contributed by atoms with E-state index in [-0.39, 0.29) is 24.9 Å². The van der Waals surface area contributed by atoms with E-state index in [9.17, 15) is 80.7 Å². The zero-order valence-corrected chi connectivity index (χ0v) is 47.5. The quantitative estimate of drug-likeness (QED) is 0.0314. The fraction of sp³-hybridized carbons (Fsp3) is 0.458. The smallest absolute Gasteiger partial charge is 0.458 e. The monoisotopic (exact) mass is 1250 g/mol. The minimum absolute atomic E-state index is 0.111. The van der Waals surface area contributed by atoms with E-state index in [2.05, 4.69) is 36.9 Å². The number of anilines is 1. The number of carbonyl (C=O) groups is 3. The summed E-state index contributed by atoms with van der Waals surface area (Å²) in [5.74, 6) is -8.69. The van der Waals surface area contributed by atoms with Gasteiger partial charge in [0, 0.05) is 34.9 Å². The Morgan fingerprint density at radius 1 is 0.902 bits per heavy atom. The molecule has 0 bridgehead atoms. The molecule has 0 unspecified atom stereocenters. The molecule has 2 aromatic carbocycles. The molecule has 3 amide bonds. The van der Waals surface area contributed by atoms with E-state index in [0.29, 0.717) is 12.3 Å². The minimum atomic E-state index is -5.45. The van der Waals surface area contributed by atoms with Crippen LogP contribution in [0.3, 0.4) is 0 Å². The molecule has 0 radical (unpaired) electrons. The lowest BCUT2D eigenvalue weighted by molar-refractivity contribution is -0.158. The van der Waals surface area contributed by atoms with Gasteiger partial charge in [0.05, 0.1) is 40.5 Å². The number of ether oxygens (including phenoxy) is 1. The summed E-state index contributed by atoms with van der Waals surface area (Å²) in [6.07, 6.45) is -10.2. The number of urea groups is 1. The fourth-order valence-corrected chi connectivity index (χ4v) is 10.1. The Morgan fingerprint density at radius 3 is 2.04 bits per heavy atom. The highest BCUT2D eigenvalue weighted by atomic mass is 35.5. The minimum Gasteiger partial charge on any atom is -0.458 e. The highest BCUT2D eigenvalue weighted by Gasteiger charge is 2.57. The van der Waals surface area contributed by atoms with Crippen LogP contribution < -0.4 is 14.9 Å². The molecule has 448 valence electrons. The Bertz CT molecular complexity index is 3700. The van der Waals surface area contributed by atoms with Crippen LogP contribution >= 0.6 is 19.4 Å². The van der Waals surface area contributed by atoms with Crippen LogP contribution in [-0.4, -0.2) is 111 Å². The molecule has 3 heterocycles. The Balaban J connectivity index is 1.66. The summed E-state index contributed by atoms with van der Waals surface area (Å²) < 4.78 is 221. The second-order valence-electron chi connectivity index (χ2n) is 20.5. The first-order valence-corrected chi connectivity index (χ1v) is 29.4. The summed E-state index contributed by atoms with van der Waals surface area (Å²) in [6, 6.07) is -0.0871. The molecule has 0 aliphatic heterocycles. The first kappa shape index (κ1) is 64.8. The third kappa shape index (κ3) is 14.7. The van der Waals surface area contributed by atoms with Gasteiger partial charge >= 0.3 is 32.2 Å². The predicted molar refractivity (Wildman–Crippen MR) is 273 cm³/mol. The topological polar surface area (TPSA) is 271 Å². The van der Waals surface area contributed by atoms with Crippen LogP contribution in [0, 0.1) is 29.4 Å². The van der Waals surface area contributed by atoms with Gasteiger partial charge in [-0.2, -0.15) is 49.6 Å². The Hall–Kier alpha value is -6.36. The molecule has 4 atom stereocenters. The third-order valence-electron chi connectivity index (χ3n) is 12.6. The normalized spacial score (nSPS) is 16.7. The zero-order chi connectivity index (χ0) is 62.0. The first-order valence-electron chi connectivity index (χ1n) is 23.7. The molecule has 5 aromatic rings. The number of aromatic nitrogens is 5. The van der Waals surface area contributed by atoms with Gasteiger partial charge in [0.1, 0.15) is 46.5 Å². The van der Waals surface area contributed by atoms with Gasteiger partial charge in [-0.15, -0.1) is 0 Å². The van der Waals surface area contributed by atoms with E-state index in [4.69, 9.17) is 16.3 Å². The van der Waals surface area contributed by atoms with Crippen molar-refractivity contribution in [2.45, 2.75) is 115 Å². The molecule has 0 spiro atoms. The third-order valence-corrected chi connectivity index (χ3v) is 16.3. The predicted octanol–water partition coefficient (Wildman–Crippen LogP) is 8.22. The van der Waals surface area contributed by atoms with E-state index in [0.717, 1.165) is 56.5 Å². The fourth-order valence-electron chi connectivity index (χ4n) is 8.49. The number of halogens is 11. The Morgan fingerprint density at radius 2 is 1.50 bits per heavy atom. The standard InChI is InChI=1S/C48H50ClF10N8O12PS2/c1-23-24(2)47(55,56)40-35(23)39(48(57,58)59)63-65(40)20-34(68)61-32(18-25-16-26(50)19-27(51)17-25)37-29(11-10-28(60-37)14-15-45(6,7)81(8,74)75)30-12-13-31(49)36-38(30)66(22-46(52,53)54)64-41(36)67(82(9,76)77)43(70)62-33(21-78-80(71,72)73)42(69)79-44(3,4)5/h10-13,16-17,19,23-24,32-33H,18,20-22H2,1-9H3,(H,61,68)(H,62,70)(H2,71,72,73)/t23-,24+,32-,33-/m0/s1. The number of pyridine rings is 1. The second-order valence-corrected chi connectivity index (χ2v) is 26.5. The summed E-state index contributed by atoms with van der Waals surface area (Å²) in [5.41, 5.74) is -8.30. The van der Waals surface area contributed by atoms with Crippen molar-refractivity contribution in [1.82, 2.24) is 35.2 Å². The maximum absolute atomic E-state index is 15.9. The van der Waals surface area contributed by atoms with Gasteiger partial charge < -0.3 is 25.2 Å². The first-order chi connectivity index (χ1) is 37.2. The second kappa shape index (κ2) is 22.7. The molecule has 4 N–H and O–H groups in total. The summed E-state index contributed by atoms with van der Waals surface area (Å²) in [5, 5.41) is 9.99. The van der Waals surface area contributed by atoms with Gasteiger partial charge in [-0.1, -0.05) is 37.4 Å². The molecule has 82 heavy (non-hydrogen) atoms. The van der Waals surface area contributed by atoms with E-state index >= 15 is 8.78 Å². The van der Waals surface area contributed by atoms with Crippen molar-refractivity contribution in [2.75, 3.05) is 23.4 Å². The van der Waals surface area contributed by atoms with Gasteiger partial charge in [0.25, 0.3) is 5.92 Å². The van der Waals surface area contributed by atoms with E-state index < -0.39 is 191 Å². The number of phosphoric ester groups is 1. The molecule has 6 rings (SSSR count). The van der Waals surface area contributed by atoms with Gasteiger partial charge in [-0.3, -0.25) is 18.7 Å². The highest BCUT2D eigenvalue weighted by molar-refractivity contribution is 7.93. The number of fused-ring (bicyclic) bond motifs is 2. The van der Waals surface area contributed by atoms with Gasteiger partial charge in [0.15, 0.2) is 27.4 Å². The molecule has 34 heteroatoms. The molecule has 0 saturated heterocycles. The Kier molecular flexibility index (Phi) is 17.9. The highest BCUT2D eigenvalue weighted by Crippen LogP contribution is 2.55. The van der Waals surface area contributed by atoms with Crippen LogP contribution in [0.1, 0.15) is 94.3 Å². The number of alkyl halides is 8. The van der Waals surface area contributed by atoms with Crippen LogP contribution in [-0.2, 0) is 74.9 Å². The van der Waals surface area contributed by atoms with E-state index in [1.165, 1.54) is 34.6 Å². The number of nitrogens with zero attached hydrogens (tertiary/aromatic N) is 6. The Labute approximate surface area is 466 Å². The summed E-state index contributed by atoms with van der Waals surface area (Å²) in [6.45, 7) is 3.54. The van der Waals surface area contributed by atoms with Crippen molar-refractivity contribution in [2.24, 2.45) is 5.92 Å². The molecule has 1 aliphatic rings. The van der Waals surface area contributed by atoms with Gasteiger partial charge in [0.2, 0.25) is 15.9 Å². The van der Waals surface area contributed by atoms with Crippen molar-refractivity contribution in [1.29, 1.82) is 0 Å². The van der Waals surface area contributed by atoms with Crippen molar-refractivity contribution in [3.63, 3.8) is 0 Å². The van der Waals surface area contributed by atoms with Gasteiger partial charge in [-0.05, 0) is 88.8 Å². The van der Waals surface area contributed by atoms with Crippen LogP contribution in [0.5, 0.6) is 0 Å². The number of benzene rings is 2. The maximum atomic E-state index is 15.9. The number of hydrogen-bond donors (Lipinski definition) is 4. The van der Waals surface area contributed by atoms with Crippen molar-refractivity contribution < 1.29 is 98.7 Å². The van der Waals surface area contributed by atoms with Crippen LogP contribution in [0.25, 0.3) is 22.0 Å². The zero-order valence-electron chi connectivity index (χ0n) is 44.3. The molecular weight excluding hydrogens is 1200 g/mol. The average molecular weight is 1250 g/mol. The number of rotatable bonds is 16. The summed E-state index contributed by atoms with van der Waals surface area (Å²) in [4.78, 5) is 65.1. The molecule has 3 aromatic heterocycles. The van der Waals surface area contributed by atoms with Crippen molar-refractivity contribution >= 4 is 73.9 Å². The van der Waals surface area contributed by atoms with E-state index in [1.807, 2.05) is 5.32 Å². The summed E-state index contributed by atoms with van der Waals surface area (Å²) in [7, 11) is -14.6. The number of carbonyl (C=O) groups excluding carboxylic acids is 3.